The summed E-state index contributed by atoms with van der Waals surface area (Å²) in [5, 5.41) is 16.0. The Hall–Kier alpha value is -2.62. The van der Waals surface area contributed by atoms with Crippen LogP contribution in [0.2, 0.25) is 0 Å². The average Bonchev–Trinajstić information content (AvgIpc) is 3.68. The first-order chi connectivity index (χ1) is 17.2. The number of nitrogens with one attached hydrogen (secondary N) is 2. The topological polar surface area (TPSA) is 151 Å². The van der Waals surface area contributed by atoms with Crippen LogP contribution in [0.3, 0.4) is 0 Å². The molecule has 0 spiro atoms. The Bertz CT molecular complexity index is 905. The first-order valence-electron chi connectivity index (χ1n) is 13.4. The third kappa shape index (κ3) is 7.93. The maximum atomic E-state index is 13.8. The highest BCUT2D eigenvalue weighted by Gasteiger charge is 2.49. The Morgan fingerprint density at radius 1 is 1.11 bits per heavy atom. The van der Waals surface area contributed by atoms with Crippen LogP contribution in [-0.2, 0) is 19.1 Å². The van der Waals surface area contributed by atoms with E-state index in [1.54, 1.807) is 20.8 Å². The van der Waals surface area contributed by atoms with Crippen molar-refractivity contribution in [3.8, 4) is 0 Å². The van der Waals surface area contributed by atoms with Gasteiger partial charge in [0, 0.05) is 12.5 Å². The zero-order valence-electron chi connectivity index (χ0n) is 22.8. The molecule has 0 bridgehead atoms. The molecule has 1 heterocycles. The molecule has 1 aliphatic heterocycles. The van der Waals surface area contributed by atoms with Crippen molar-refractivity contribution in [1.29, 1.82) is 0 Å². The van der Waals surface area contributed by atoms with E-state index in [9.17, 15) is 24.3 Å². The molecule has 4 amide bonds. The minimum Gasteiger partial charge on any atom is -0.444 e. The van der Waals surface area contributed by atoms with Gasteiger partial charge in [0.2, 0.25) is 17.7 Å². The molecule has 2 unspecified atom stereocenters. The van der Waals surface area contributed by atoms with Gasteiger partial charge in [0.1, 0.15) is 17.7 Å². The highest BCUT2D eigenvalue weighted by atomic mass is 16.6. The van der Waals surface area contributed by atoms with Crippen LogP contribution < -0.4 is 16.4 Å². The monoisotopic (exact) mass is 520 g/mol. The molecule has 1 saturated heterocycles. The van der Waals surface area contributed by atoms with Gasteiger partial charge in [-0.15, -0.1) is 0 Å². The van der Waals surface area contributed by atoms with Crippen molar-refractivity contribution < 1.29 is 29.0 Å². The number of hydrogen-bond donors (Lipinski definition) is 4. The maximum absolute atomic E-state index is 13.8. The summed E-state index contributed by atoms with van der Waals surface area (Å²) in [5.74, 6) is -1.46. The Morgan fingerprint density at radius 2 is 1.73 bits per heavy atom. The van der Waals surface area contributed by atoms with Crippen molar-refractivity contribution in [3.63, 3.8) is 0 Å². The number of alkyl carbamates (subject to hydrolysis) is 1. The van der Waals surface area contributed by atoms with E-state index in [4.69, 9.17) is 10.5 Å². The molecule has 2 aliphatic carbocycles. The second-order valence-corrected chi connectivity index (χ2v) is 12.4. The van der Waals surface area contributed by atoms with Gasteiger partial charge >= 0.3 is 6.09 Å². The number of ether oxygens (including phenoxy) is 1. The van der Waals surface area contributed by atoms with E-state index in [-0.39, 0.29) is 30.2 Å². The van der Waals surface area contributed by atoms with Crippen LogP contribution in [-0.4, -0.2) is 70.2 Å². The largest absolute Gasteiger partial charge is 0.444 e. The van der Waals surface area contributed by atoms with Crippen molar-refractivity contribution in [2.75, 3.05) is 6.54 Å². The number of carbonyl (C=O) groups is 4. The fourth-order valence-electron chi connectivity index (χ4n) is 5.09. The zero-order chi connectivity index (χ0) is 27.7. The second-order valence-electron chi connectivity index (χ2n) is 12.4. The first kappa shape index (κ1) is 28.9. The number of amides is 4. The fourth-order valence-corrected chi connectivity index (χ4v) is 5.09. The van der Waals surface area contributed by atoms with Crippen LogP contribution in [0.25, 0.3) is 0 Å². The van der Waals surface area contributed by atoms with E-state index in [0.717, 1.165) is 31.3 Å². The summed E-state index contributed by atoms with van der Waals surface area (Å²) >= 11 is 0. The molecule has 3 fully saturated rings. The quantitative estimate of drug-likeness (QED) is 0.305. The van der Waals surface area contributed by atoms with Gasteiger partial charge in [-0.1, -0.05) is 38.8 Å². The van der Waals surface area contributed by atoms with E-state index in [1.807, 2.05) is 13.8 Å². The van der Waals surface area contributed by atoms with Crippen LogP contribution in [0.1, 0.15) is 73.1 Å². The molecule has 37 heavy (non-hydrogen) atoms. The van der Waals surface area contributed by atoms with Crippen molar-refractivity contribution in [2.24, 2.45) is 29.4 Å². The Morgan fingerprint density at radius 3 is 2.22 bits per heavy atom. The minimum absolute atomic E-state index is 0.0274. The van der Waals surface area contributed by atoms with Crippen LogP contribution in [0.4, 0.5) is 4.79 Å². The molecule has 0 aromatic rings. The molecule has 0 radical (unpaired) electrons. The van der Waals surface area contributed by atoms with Crippen molar-refractivity contribution in [1.82, 2.24) is 15.5 Å². The van der Waals surface area contributed by atoms with Gasteiger partial charge in [0.25, 0.3) is 0 Å². The van der Waals surface area contributed by atoms with Crippen molar-refractivity contribution >= 4 is 23.8 Å². The lowest BCUT2D eigenvalue weighted by Crippen LogP contribution is -2.58. The fraction of sp³-hybridized carbons (Fsp3) is 0.778. The standard InChI is InChI=1S/C27H44N4O6/c1-14(2)11-18-15(3)13-31(25(35)20(17-9-10-17)30-26(36)37-27(4,5)6)21(18)24(34)29-19(12-16-7-8-16)22(32)23(28)33/h14,16-22,32H,3,7-13H2,1-2,4-6H3,(H2,28,33)(H,29,34)(H,30,36)/t18-,19?,20-,21-,22?/m0/s1. The molecule has 5 atom stereocenters. The SMILES string of the molecule is C=C1CN(C(=O)[C@@H](NC(=O)OC(C)(C)C)C2CC2)[C@H](C(=O)NC(CC2CC2)C(O)C(N)=O)[C@H]1CC(C)C. The summed E-state index contributed by atoms with van der Waals surface area (Å²) in [6.45, 7) is 13.7. The molecule has 2 saturated carbocycles. The number of primary amides is 1. The van der Waals surface area contributed by atoms with E-state index in [0.29, 0.717) is 18.8 Å². The Balaban J connectivity index is 1.84. The summed E-state index contributed by atoms with van der Waals surface area (Å²) in [6.07, 6.45) is 2.41. The van der Waals surface area contributed by atoms with Gasteiger partial charge in [-0.3, -0.25) is 14.4 Å². The number of hydrogen-bond acceptors (Lipinski definition) is 6. The first-order valence-corrected chi connectivity index (χ1v) is 13.4. The number of likely N-dealkylation sites (tertiary alicyclic amines) is 1. The summed E-state index contributed by atoms with van der Waals surface area (Å²) < 4.78 is 5.38. The molecule has 0 aromatic heterocycles. The summed E-state index contributed by atoms with van der Waals surface area (Å²) in [6, 6.07) is -2.51. The predicted octanol–water partition coefficient (Wildman–Crippen LogP) is 1.85. The van der Waals surface area contributed by atoms with Gasteiger partial charge in [0.15, 0.2) is 6.10 Å². The van der Waals surface area contributed by atoms with Gasteiger partial charge in [-0.05, 0) is 64.2 Å². The normalized spacial score (nSPS) is 24.4. The van der Waals surface area contributed by atoms with Gasteiger partial charge < -0.3 is 31.1 Å². The highest BCUT2D eigenvalue weighted by Crippen LogP contribution is 2.39. The third-order valence-corrected chi connectivity index (χ3v) is 7.21. The number of nitrogens with zero attached hydrogens (tertiary/aromatic N) is 1. The summed E-state index contributed by atoms with van der Waals surface area (Å²) in [4.78, 5) is 53.3. The van der Waals surface area contributed by atoms with Gasteiger partial charge in [-0.25, -0.2) is 4.79 Å². The van der Waals surface area contributed by atoms with Crippen LogP contribution in [0, 0.1) is 23.7 Å². The van der Waals surface area contributed by atoms with Crippen LogP contribution in [0.15, 0.2) is 12.2 Å². The van der Waals surface area contributed by atoms with Crippen LogP contribution in [0.5, 0.6) is 0 Å². The number of aliphatic hydroxyl groups excluding tert-OH is 1. The zero-order valence-corrected chi connectivity index (χ0v) is 22.8. The molecular weight excluding hydrogens is 476 g/mol. The summed E-state index contributed by atoms with van der Waals surface area (Å²) in [5.41, 5.74) is 5.40. The molecule has 3 aliphatic rings. The average molecular weight is 521 g/mol. The number of carbonyl (C=O) groups excluding carboxylic acids is 4. The summed E-state index contributed by atoms with van der Waals surface area (Å²) in [7, 11) is 0. The highest BCUT2D eigenvalue weighted by molar-refractivity contribution is 5.93. The molecular formula is C27H44N4O6. The third-order valence-electron chi connectivity index (χ3n) is 7.21. The minimum atomic E-state index is -1.52. The molecule has 0 aromatic carbocycles. The van der Waals surface area contributed by atoms with Gasteiger partial charge in [-0.2, -0.15) is 0 Å². The number of nitrogens with two attached hydrogens (primary N) is 1. The molecule has 10 heteroatoms. The van der Waals surface area contributed by atoms with Crippen molar-refractivity contribution in [2.45, 2.75) is 103 Å². The molecule has 208 valence electrons. The van der Waals surface area contributed by atoms with E-state index >= 15 is 0 Å². The lowest BCUT2D eigenvalue weighted by molar-refractivity contribution is -0.142. The number of rotatable bonds is 11. The van der Waals surface area contributed by atoms with Crippen molar-refractivity contribution in [3.05, 3.63) is 12.2 Å². The van der Waals surface area contributed by atoms with Gasteiger partial charge in [0.05, 0.1) is 6.04 Å². The Kier molecular flexibility index (Phi) is 8.93. The molecule has 3 rings (SSSR count). The van der Waals surface area contributed by atoms with E-state index in [2.05, 4.69) is 17.2 Å². The number of aliphatic hydroxyl groups is 1. The molecule has 5 N–H and O–H groups in total. The molecule has 10 nitrogen and oxygen atoms in total. The predicted molar refractivity (Wildman–Crippen MR) is 138 cm³/mol. The van der Waals surface area contributed by atoms with E-state index < -0.39 is 47.7 Å². The maximum Gasteiger partial charge on any atom is 0.408 e. The second kappa shape index (κ2) is 11.4. The van der Waals surface area contributed by atoms with Crippen LogP contribution >= 0.6 is 0 Å². The smallest absolute Gasteiger partial charge is 0.408 e. The van der Waals surface area contributed by atoms with E-state index in [1.165, 1.54) is 4.90 Å². The lowest BCUT2D eigenvalue weighted by Gasteiger charge is -2.33. The lowest BCUT2D eigenvalue weighted by atomic mass is 9.87. The Labute approximate surface area is 219 Å².